The van der Waals surface area contributed by atoms with E-state index in [-0.39, 0.29) is 17.4 Å². The summed E-state index contributed by atoms with van der Waals surface area (Å²) in [5.41, 5.74) is 13.0. The van der Waals surface area contributed by atoms with Crippen LogP contribution in [0.1, 0.15) is 94.9 Å². The van der Waals surface area contributed by atoms with Gasteiger partial charge in [0.15, 0.2) is 0 Å². The predicted molar refractivity (Wildman–Crippen MR) is 148 cm³/mol. The van der Waals surface area contributed by atoms with Gasteiger partial charge in [-0.3, -0.25) is 9.78 Å². The van der Waals surface area contributed by atoms with Gasteiger partial charge < -0.3 is 16.0 Å². The Labute approximate surface area is 215 Å². The van der Waals surface area contributed by atoms with Gasteiger partial charge in [-0.05, 0) is 80.8 Å². The summed E-state index contributed by atoms with van der Waals surface area (Å²) in [4.78, 5) is 21.9. The minimum Gasteiger partial charge on any atom is -0.355 e. The van der Waals surface area contributed by atoms with Gasteiger partial charge >= 0.3 is 0 Å². The molecule has 192 valence electrons. The maximum absolute atomic E-state index is 13.8. The number of nitrogens with zero attached hydrogens (tertiary/aromatic N) is 1. The Morgan fingerprint density at radius 3 is 2.53 bits per heavy atom. The highest BCUT2D eigenvalue weighted by molar-refractivity contribution is 5.94. The molecule has 1 saturated carbocycles. The summed E-state index contributed by atoms with van der Waals surface area (Å²) in [6.45, 7) is 9.36. The SMILES string of the molecule is Cc1cc(-c2[nH]c3ccc(C4(C)CCCCC5(CCCCC5N)CNC4=O)cc3c2C(C)C)ccn1. The van der Waals surface area contributed by atoms with E-state index < -0.39 is 5.41 Å². The van der Waals surface area contributed by atoms with Gasteiger partial charge in [0.25, 0.3) is 0 Å². The number of pyridine rings is 1. The minimum absolute atomic E-state index is 0.0616. The lowest BCUT2D eigenvalue weighted by atomic mass is 9.67. The van der Waals surface area contributed by atoms with E-state index in [1.54, 1.807) is 0 Å². The van der Waals surface area contributed by atoms with E-state index in [9.17, 15) is 4.79 Å². The number of hydrogen-bond donors (Lipinski definition) is 3. The molecule has 3 aromatic rings. The van der Waals surface area contributed by atoms with E-state index in [1.165, 1.54) is 23.8 Å². The molecule has 5 rings (SSSR count). The number of carbonyl (C=O) groups excluding carboxylic acids is 1. The Hall–Kier alpha value is -2.66. The molecule has 3 unspecified atom stereocenters. The largest absolute Gasteiger partial charge is 0.355 e. The van der Waals surface area contributed by atoms with Crippen molar-refractivity contribution in [3.05, 3.63) is 53.3 Å². The van der Waals surface area contributed by atoms with Gasteiger partial charge in [0.1, 0.15) is 0 Å². The number of aromatic amines is 1. The second-order valence-corrected chi connectivity index (χ2v) is 12.0. The summed E-state index contributed by atoms with van der Waals surface area (Å²) in [5.74, 6) is 0.486. The third-order valence-corrected chi connectivity index (χ3v) is 9.17. The molecule has 1 spiro atoms. The zero-order valence-corrected chi connectivity index (χ0v) is 22.4. The monoisotopic (exact) mass is 486 g/mol. The predicted octanol–water partition coefficient (Wildman–Crippen LogP) is 6.50. The molecule has 1 aliphatic carbocycles. The molecule has 3 heterocycles. The van der Waals surface area contributed by atoms with Gasteiger partial charge in [0.2, 0.25) is 5.91 Å². The van der Waals surface area contributed by atoms with Crippen LogP contribution in [0.4, 0.5) is 0 Å². The fraction of sp³-hybridized carbons (Fsp3) is 0.548. The van der Waals surface area contributed by atoms with Crippen molar-refractivity contribution < 1.29 is 4.79 Å². The molecular formula is C31H42N4O. The lowest BCUT2D eigenvalue weighted by molar-refractivity contribution is -0.127. The number of nitrogens with one attached hydrogen (secondary N) is 2. The average molecular weight is 487 g/mol. The number of aromatic nitrogens is 2. The summed E-state index contributed by atoms with van der Waals surface area (Å²) in [6, 6.07) is 11.0. The van der Waals surface area contributed by atoms with E-state index >= 15 is 0 Å². The van der Waals surface area contributed by atoms with Crippen molar-refractivity contribution >= 4 is 16.8 Å². The topological polar surface area (TPSA) is 83.8 Å². The molecule has 3 atom stereocenters. The summed E-state index contributed by atoms with van der Waals surface area (Å²) in [6.07, 6.45) is 10.7. The summed E-state index contributed by atoms with van der Waals surface area (Å²) >= 11 is 0. The number of amides is 1. The molecule has 5 nitrogen and oxygen atoms in total. The summed E-state index contributed by atoms with van der Waals surface area (Å²) < 4.78 is 0. The van der Waals surface area contributed by atoms with Crippen LogP contribution in [-0.2, 0) is 10.2 Å². The quantitative estimate of drug-likeness (QED) is 0.395. The van der Waals surface area contributed by atoms with Crippen LogP contribution in [0, 0.1) is 12.3 Å². The number of rotatable bonds is 3. The first-order chi connectivity index (χ1) is 17.2. The molecule has 0 radical (unpaired) electrons. The van der Waals surface area contributed by atoms with Gasteiger partial charge in [-0.1, -0.05) is 45.6 Å². The molecular weight excluding hydrogens is 444 g/mol. The Morgan fingerprint density at radius 2 is 1.81 bits per heavy atom. The zero-order chi connectivity index (χ0) is 25.5. The van der Waals surface area contributed by atoms with E-state index in [1.807, 2.05) is 13.1 Å². The Kier molecular flexibility index (Phi) is 6.71. The van der Waals surface area contributed by atoms with Gasteiger partial charge in [0.05, 0.1) is 11.1 Å². The highest BCUT2D eigenvalue weighted by Crippen LogP contribution is 2.43. The van der Waals surface area contributed by atoms with Crippen LogP contribution in [-0.4, -0.2) is 28.5 Å². The molecule has 2 fully saturated rings. The van der Waals surface area contributed by atoms with E-state index in [2.05, 4.69) is 66.4 Å². The Bertz CT molecular complexity index is 1260. The molecule has 36 heavy (non-hydrogen) atoms. The summed E-state index contributed by atoms with van der Waals surface area (Å²) in [7, 11) is 0. The lowest BCUT2D eigenvalue weighted by Crippen LogP contribution is -2.53. The number of hydrogen-bond acceptors (Lipinski definition) is 3. The van der Waals surface area contributed by atoms with E-state index in [0.29, 0.717) is 12.5 Å². The van der Waals surface area contributed by atoms with Crippen LogP contribution in [0.5, 0.6) is 0 Å². The molecule has 1 amide bonds. The third kappa shape index (κ3) is 4.36. The van der Waals surface area contributed by atoms with Gasteiger partial charge in [-0.15, -0.1) is 0 Å². The van der Waals surface area contributed by atoms with Crippen LogP contribution in [0.15, 0.2) is 36.5 Å². The molecule has 1 aromatic carbocycles. The first kappa shape index (κ1) is 25.0. The maximum Gasteiger partial charge on any atom is 0.230 e. The van der Waals surface area contributed by atoms with Crippen molar-refractivity contribution in [2.45, 2.75) is 96.4 Å². The van der Waals surface area contributed by atoms with Crippen LogP contribution >= 0.6 is 0 Å². The average Bonchev–Trinajstić information content (AvgIpc) is 3.27. The highest BCUT2D eigenvalue weighted by Gasteiger charge is 2.42. The molecule has 2 aliphatic rings. The van der Waals surface area contributed by atoms with Gasteiger partial charge in [0, 0.05) is 46.4 Å². The lowest BCUT2D eigenvalue weighted by Gasteiger charge is -2.43. The van der Waals surface area contributed by atoms with Crippen LogP contribution in [0.2, 0.25) is 0 Å². The normalized spacial score (nSPS) is 27.6. The fourth-order valence-corrected chi connectivity index (χ4v) is 6.83. The zero-order valence-electron chi connectivity index (χ0n) is 22.4. The number of aryl methyl sites for hydroxylation is 1. The van der Waals surface area contributed by atoms with E-state index in [4.69, 9.17) is 5.73 Å². The second-order valence-electron chi connectivity index (χ2n) is 12.0. The Morgan fingerprint density at radius 1 is 1.06 bits per heavy atom. The molecule has 1 saturated heterocycles. The fourth-order valence-electron chi connectivity index (χ4n) is 6.83. The second kappa shape index (κ2) is 9.66. The smallest absolute Gasteiger partial charge is 0.230 e. The third-order valence-electron chi connectivity index (χ3n) is 9.17. The van der Waals surface area contributed by atoms with E-state index in [0.717, 1.165) is 66.6 Å². The first-order valence-electron chi connectivity index (χ1n) is 13.9. The number of H-pyrrole nitrogens is 1. The minimum atomic E-state index is -0.558. The molecule has 1 aliphatic heterocycles. The number of nitrogens with two attached hydrogens (primary N) is 1. The Balaban J connectivity index is 1.53. The molecule has 0 bridgehead atoms. The molecule has 2 aromatic heterocycles. The number of carbonyl (C=O) groups is 1. The van der Waals surface area contributed by atoms with Crippen LogP contribution < -0.4 is 11.1 Å². The van der Waals surface area contributed by atoms with Crippen LogP contribution in [0.25, 0.3) is 22.2 Å². The van der Waals surface area contributed by atoms with Gasteiger partial charge in [-0.25, -0.2) is 0 Å². The maximum atomic E-state index is 13.8. The first-order valence-corrected chi connectivity index (χ1v) is 13.9. The van der Waals surface area contributed by atoms with Crippen molar-refractivity contribution in [3.63, 3.8) is 0 Å². The number of fused-ring (bicyclic) bond motifs is 1. The van der Waals surface area contributed by atoms with Crippen molar-refractivity contribution in [1.29, 1.82) is 0 Å². The van der Waals surface area contributed by atoms with Crippen molar-refractivity contribution in [2.75, 3.05) is 6.54 Å². The van der Waals surface area contributed by atoms with Gasteiger partial charge in [-0.2, -0.15) is 0 Å². The van der Waals surface area contributed by atoms with Crippen molar-refractivity contribution in [3.8, 4) is 11.3 Å². The molecule has 4 N–H and O–H groups in total. The highest BCUT2D eigenvalue weighted by atomic mass is 16.2. The van der Waals surface area contributed by atoms with Crippen molar-refractivity contribution in [2.24, 2.45) is 11.1 Å². The summed E-state index contributed by atoms with van der Waals surface area (Å²) in [5, 5.41) is 4.61. The number of benzene rings is 1. The van der Waals surface area contributed by atoms with Crippen molar-refractivity contribution in [1.82, 2.24) is 15.3 Å². The van der Waals surface area contributed by atoms with Crippen LogP contribution in [0.3, 0.4) is 0 Å². The standard InChI is InChI=1S/C31H42N4O/c1-20(2)27-24-18-23(10-11-25(24)35-28(27)22-12-16-33-21(3)17-22)30(4)13-7-8-15-31(19-34-29(30)36)14-6-5-9-26(31)32/h10-12,16-18,20,26,35H,5-9,13-15,19,32H2,1-4H3,(H,34,36). The molecule has 5 heteroatoms.